The number of hydrogen-bond donors (Lipinski definition) is 1. The average molecular weight is 280 g/mol. The van der Waals surface area contributed by atoms with Crippen LogP contribution in [0.5, 0.6) is 5.75 Å². The Morgan fingerprint density at radius 1 is 1.35 bits per heavy atom. The molecule has 1 aromatic carbocycles. The van der Waals surface area contributed by atoms with Crippen molar-refractivity contribution >= 4 is 17.6 Å². The van der Waals surface area contributed by atoms with Crippen LogP contribution in [0.2, 0.25) is 0 Å². The summed E-state index contributed by atoms with van der Waals surface area (Å²) in [6.45, 7) is 3.86. The van der Waals surface area contributed by atoms with Crippen molar-refractivity contribution in [3.8, 4) is 5.75 Å². The van der Waals surface area contributed by atoms with Gasteiger partial charge >= 0.3 is 5.97 Å². The van der Waals surface area contributed by atoms with Crippen LogP contribution in [-0.2, 0) is 9.53 Å². The molecule has 1 amide bonds. The normalized spacial score (nSPS) is 11.6. The fraction of sp³-hybridized carbons (Fsp3) is 0.429. The van der Waals surface area contributed by atoms with E-state index in [1.807, 2.05) is 6.92 Å². The van der Waals surface area contributed by atoms with E-state index >= 15 is 0 Å². The molecule has 0 bridgehead atoms. The molecule has 0 aliphatic carbocycles. The van der Waals surface area contributed by atoms with E-state index in [4.69, 9.17) is 15.2 Å². The van der Waals surface area contributed by atoms with Gasteiger partial charge in [-0.25, -0.2) is 4.79 Å². The van der Waals surface area contributed by atoms with Gasteiger partial charge in [-0.15, -0.1) is 0 Å². The van der Waals surface area contributed by atoms with Crippen molar-refractivity contribution in [1.82, 2.24) is 4.90 Å². The number of nitrogen functional groups attached to an aromatic ring is 1. The van der Waals surface area contributed by atoms with Crippen molar-refractivity contribution in [2.75, 3.05) is 26.4 Å². The van der Waals surface area contributed by atoms with Crippen molar-refractivity contribution in [1.29, 1.82) is 0 Å². The van der Waals surface area contributed by atoms with Crippen LogP contribution in [0.4, 0.5) is 5.69 Å². The molecule has 0 aliphatic heterocycles. The summed E-state index contributed by atoms with van der Waals surface area (Å²) in [5.41, 5.74) is 6.41. The molecule has 0 aromatic heterocycles. The lowest BCUT2D eigenvalue weighted by Gasteiger charge is -2.17. The number of esters is 1. The number of hydrogen-bond acceptors (Lipinski definition) is 5. The van der Waals surface area contributed by atoms with E-state index in [0.717, 1.165) is 0 Å². The van der Waals surface area contributed by atoms with E-state index < -0.39 is 12.1 Å². The number of amides is 1. The fourth-order valence-corrected chi connectivity index (χ4v) is 1.60. The van der Waals surface area contributed by atoms with Gasteiger partial charge in [-0.05, 0) is 32.0 Å². The highest BCUT2D eigenvalue weighted by molar-refractivity contribution is 5.93. The molecule has 1 rings (SSSR count). The van der Waals surface area contributed by atoms with Crippen LogP contribution < -0.4 is 10.5 Å². The van der Waals surface area contributed by atoms with Gasteiger partial charge in [-0.1, -0.05) is 0 Å². The van der Waals surface area contributed by atoms with Crippen LogP contribution in [0.25, 0.3) is 0 Å². The highest BCUT2D eigenvalue weighted by atomic mass is 16.5. The number of carbonyl (C=O) groups is 2. The number of ether oxygens (including phenoxy) is 2. The third-order valence-electron chi connectivity index (χ3n) is 2.62. The molecular formula is C14H20N2O4. The molecule has 20 heavy (non-hydrogen) atoms. The lowest BCUT2D eigenvalue weighted by molar-refractivity contribution is -0.137. The minimum atomic E-state index is -0.842. The summed E-state index contributed by atoms with van der Waals surface area (Å²) < 4.78 is 10.4. The number of nitrogens with zero attached hydrogens (tertiary/aromatic N) is 1. The molecular weight excluding hydrogens is 260 g/mol. The smallest absolute Gasteiger partial charge is 0.338 e. The van der Waals surface area contributed by atoms with Gasteiger partial charge in [0.15, 0.2) is 6.10 Å². The van der Waals surface area contributed by atoms with Gasteiger partial charge in [0, 0.05) is 14.1 Å². The fourth-order valence-electron chi connectivity index (χ4n) is 1.60. The Morgan fingerprint density at radius 2 is 2.00 bits per heavy atom. The molecule has 0 saturated carbocycles. The minimum Gasteiger partial charge on any atom is -0.492 e. The van der Waals surface area contributed by atoms with Gasteiger partial charge in [0.05, 0.1) is 17.9 Å². The van der Waals surface area contributed by atoms with Gasteiger partial charge in [0.25, 0.3) is 5.91 Å². The Bertz CT molecular complexity index is 500. The molecule has 6 nitrogen and oxygen atoms in total. The van der Waals surface area contributed by atoms with Crippen LogP contribution >= 0.6 is 0 Å². The van der Waals surface area contributed by atoms with E-state index in [-0.39, 0.29) is 11.5 Å². The van der Waals surface area contributed by atoms with Crippen LogP contribution in [0.1, 0.15) is 24.2 Å². The standard InChI is InChI=1S/C14H20N2O4/c1-5-19-12-7-6-10(8-11(12)15)14(18)20-9(2)13(17)16(3)4/h6-9H,5,15H2,1-4H3. The molecule has 0 spiro atoms. The second-order valence-electron chi connectivity index (χ2n) is 4.47. The summed E-state index contributed by atoms with van der Waals surface area (Å²) >= 11 is 0. The first-order valence-electron chi connectivity index (χ1n) is 6.31. The quantitative estimate of drug-likeness (QED) is 0.649. The first-order valence-corrected chi connectivity index (χ1v) is 6.31. The van der Waals surface area contributed by atoms with Gasteiger partial charge in [0.1, 0.15) is 5.75 Å². The predicted molar refractivity (Wildman–Crippen MR) is 75.6 cm³/mol. The van der Waals surface area contributed by atoms with Crippen molar-refractivity contribution < 1.29 is 19.1 Å². The zero-order chi connectivity index (χ0) is 15.3. The largest absolute Gasteiger partial charge is 0.492 e. The van der Waals surface area contributed by atoms with E-state index in [9.17, 15) is 9.59 Å². The van der Waals surface area contributed by atoms with E-state index in [1.165, 1.54) is 17.9 Å². The van der Waals surface area contributed by atoms with Crippen molar-refractivity contribution in [3.05, 3.63) is 23.8 Å². The third kappa shape index (κ3) is 3.88. The number of rotatable bonds is 5. The van der Waals surface area contributed by atoms with Gasteiger partial charge < -0.3 is 20.1 Å². The Morgan fingerprint density at radius 3 is 2.50 bits per heavy atom. The predicted octanol–water partition coefficient (Wildman–Crippen LogP) is 1.30. The van der Waals surface area contributed by atoms with E-state index in [1.54, 1.807) is 26.2 Å². The topological polar surface area (TPSA) is 81.9 Å². The zero-order valence-electron chi connectivity index (χ0n) is 12.2. The number of carbonyl (C=O) groups excluding carboxylic acids is 2. The van der Waals surface area contributed by atoms with E-state index in [0.29, 0.717) is 18.0 Å². The SMILES string of the molecule is CCOc1ccc(C(=O)OC(C)C(=O)N(C)C)cc1N. The molecule has 0 fully saturated rings. The number of benzene rings is 1. The lowest BCUT2D eigenvalue weighted by atomic mass is 10.2. The van der Waals surface area contributed by atoms with Crippen molar-refractivity contribution in [2.45, 2.75) is 20.0 Å². The van der Waals surface area contributed by atoms with Gasteiger partial charge in [-0.2, -0.15) is 0 Å². The van der Waals surface area contributed by atoms with Crippen LogP contribution in [0.3, 0.4) is 0 Å². The van der Waals surface area contributed by atoms with Crippen molar-refractivity contribution in [3.63, 3.8) is 0 Å². The second kappa shape index (κ2) is 6.79. The summed E-state index contributed by atoms with van der Waals surface area (Å²) in [6, 6.07) is 4.63. The minimum absolute atomic E-state index is 0.280. The van der Waals surface area contributed by atoms with Crippen molar-refractivity contribution in [2.24, 2.45) is 0 Å². The van der Waals surface area contributed by atoms with E-state index in [2.05, 4.69) is 0 Å². The van der Waals surface area contributed by atoms with Gasteiger partial charge in [0.2, 0.25) is 0 Å². The summed E-state index contributed by atoms with van der Waals surface area (Å²) in [6.07, 6.45) is -0.842. The average Bonchev–Trinajstić information content (AvgIpc) is 2.40. The summed E-state index contributed by atoms with van der Waals surface area (Å²) in [5, 5.41) is 0. The first-order chi connectivity index (χ1) is 9.36. The van der Waals surface area contributed by atoms with Gasteiger partial charge in [-0.3, -0.25) is 4.79 Å². The van der Waals surface area contributed by atoms with Crippen LogP contribution in [-0.4, -0.2) is 43.6 Å². The van der Waals surface area contributed by atoms with Crippen LogP contribution in [0, 0.1) is 0 Å². The van der Waals surface area contributed by atoms with Crippen LogP contribution in [0.15, 0.2) is 18.2 Å². The molecule has 1 aromatic rings. The molecule has 0 heterocycles. The molecule has 6 heteroatoms. The maximum atomic E-state index is 11.9. The monoisotopic (exact) mass is 280 g/mol. The highest BCUT2D eigenvalue weighted by Gasteiger charge is 2.20. The summed E-state index contributed by atoms with van der Waals surface area (Å²) in [5.74, 6) is -0.360. The molecule has 0 aliphatic rings. The number of likely N-dealkylation sites (N-methyl/N-ethyl adjacent to an activating group) is 1. The summed E-state index contributed by atoms with van der Waals surface area (Å²) in [7, 11) is 3.20. The molecule has 0 saturated heterocycles. The molecule has 0 radical (unpaired) electrons. The number of nitrogens with two attached hydrogens (primary N) is 1. The maximum Gasteiger partial charge on any atom is 0.338 e. The second-order valence-corrected chi connectivity index (χ2v) is 4.47. The Balaban J connectivity index is 2.78. The Hall–Kier alpha value is -2.24. The maximum absolute atomic E-state index is 11.9. The summed E-state index contributed by atoms with van der Waals surface area (Å²) in [4.78, 5) is 24.9. The highest BCUT2D eigenvalue weighted by Crippen LogP contribution is 2.23. The molecule has 1 unspecified atom stereocenters. The molecule has 1 atom stereocenters. The third-order valence-corrected chi connectivity index (χ3v) is 2.62. The number of anilines is 1. The molecule has 2 N–H and O–H groups in total. The Labute approximate surface area is 118 Å². The lowest BCUT2D eigenvalue weighted by Crippen LogP contribution is -2.34. The Kier molecular flexibility index (Phi) is 5.37. The molecule has 110 valence electrons. The zero-order valence-corrected chi connectivity index (χ0v) is 12.2. The first kappa shape index (κ1) is 15.8.